The predicted octanol–water partition coefficient (Wildman–Crippen LogP) is 4.82. The molecule has 0 radical (unpaired) electrons. The van der Waals surface area contributed by atoms with Gasteiger partial charge in [0.1, 0.15) is 34.7 Å². The lowest BCUT2D eigenvalue weighted by molar-refractivity contribution is 0.217. The molecule has 0 saturated heterocycles. The third kappa shape index (κ3) is 5.08. The van der Waals surface area contributed by atoms with Gasteiger partial charge in [-0.2, -0.15) is 0 Å². The second kappa shape index (κ2) is 9.44. The molecule has 0 amide bonds. The Bertz CT molecular complexity index is 1200. The van der Waals surface area contributed by atoms with Crippen LogP contribution in [0.4, 0.5) is 4.39 Å². The third-order valence-corrected chi connectivity index (χ3v) is 9.41. The summed E-state index contributed by atoms with van der Waals surface area (Å²) in [5, 5.41) is 1.79. The van der Waals surface area contributed by atoms with Crippen LogP contribution in [0.2, 0.25) is 0 Å². The number of thiophene rings is 1. The zero-order chi connectivity index (χ0) is 22.8. The molecule has 33 heavy (non-hydrogen) atoms. The molecular weight excluding hydrogens is 461 g/mol. The summed E-state index contributed by atoms with van der Waals surface area (Å²) in [5.74, 6) is 1.68. The van der Waals surface area contributed by atoms with Crippen LogP contribution in [0.5, 0.6) is 11.5 Å². The van der Waals surface area contributed by atoms with Crippen LogP contribution in [0.1, 0.15) is 24.0 Å². The molecule has 1 saturated carbocycles. The number of benzene rings is 2. The first-order valence-electron chi connectivity index (χ1n) is 11.2. The molecule has 0 aliphatic heterocycles. The molecule has 2 aromatic carbocycles. The van der Waals surface area contributed by atoms with Gasteiger partial charge in [0.25, 0.3) is 0 Å². The average Bonchev–Trinajstić information content (AvgIpc) is 3.42. The summed E-state index contributed by atoms with van der Waals surface area (Å²) in [6.07, 6.45) is 3.78. The quantitative estimate of drug-likeness (QED) is 0.463. The highest BCUT2D eigenvalue weighted by Gasteiger charge is 2.41. The fourth-order valence-corrected chi connectivity index (χ4v) is 7.36. The molecule has 3 atom stereocenters. The van der Waals surface area contributed by atoms with Crippen LogP contribution in [-0.2, 0) is 22.9 Å². The highest BCUT2D eigenvalue weighted by molar-refractivity contribution is 7.91. The molecular formula is C25H26FNO4S2. The van der Waals surface area contributed by atoms with Crippen molar-refractivity contribution in [3.63, 3.8) is 0 Å². The standard InChI is InChI=1S/C25H26FNO4S2/c26-21-6-9-22(10-7-21)30-11-12-31-23-8-5-17-14-18-3-4-19(15-20(17)16-23)25(18)27-33(28,29)24-2-1-13-32-24/h1-2,5-10,13,16,18-19,25,27H,3-4,11-12,14-15H2. The summed E-state index contributed by atoms with van der Waals surface area (Å²) in [5.41, 5.74) is 2.51. The number of sulfonamides is 1. The third-order valence-electron chi connectivity index (χ3n) is 6.55. The van der Waals surface area contributed by atoms with E-state index in [1.165, 1.54) is 34.6 Å². The Balaban J connectivity index is 1.21. The minimum atomic E-state index is -3.49. The second-order valence-electron chi connectivity index (χ2n) is 8.67. The SMILES string of the molecule is O=S(=O)(NC1C2CCC1Cc1cc(OCCOc3ccc(F)cc3)ccc1C2)c1cccs1. The van der Waals surface area contributed by atoms with E-state index in [1.54, 1.807) is 29.6 Å². The van der Waals surface area contributed by atoms with Gasteiger partial charge < -0.3 is 9.47 Å². The zero-order valence-electron chi connectivity index (χ0n) is 18.1. The molecule has 2 bridgehead atoms. The van der Waals surface area contributed by atoms with Crippen LogP contribution in [0.25, 0.3) is 0 Å². The van der Waals surface area contributed by atoms with Crippen LogP contribution < -0.4 is 14.2 Å². The molecule has 2 aliphatic carbocycles. The molecule has 5 nitrogen and oxygen atoms in total. The highest BCUT2D eigenvalue weighted by atomic mass is 32.2. The van der Waals surface area contributed by atoms with Crippen molar-refractivity contribution in [1.82, 2.24) is 4.72 Å². The number of rotatable bonds is 8. The molecule has 5 rings (SSSR count). The van der Waals surface area contributed by atoms with Crippen LogP contribution >= 0.6 is 11.3 Å². The Morgan fingerprint density at radius 1 is 0.909 bits per heavy atom. The van der Waals surface area contributed by atoms with Crippen molar-refractivity contribution < 1.29 is 22.3 Å². The lowest BCUT2D eigenvalue weighted by atomic mass is 9.93. The maximum atomic E-state index is 13.0. The van der Waals surface area contributed by atoms with Gasteiger partial charge in [-0.05, 0) is 96.5 Å². The van der Waals surface area contributed by atoms with Gasteiger partial charge in [0.05, 0.1) is 0 Å². The number of fused-ring (bicyclic) bond motifs is 3. The van der Waals surface area contributed by atoms with E-state index in [9.17, 15) is 12.8 Å². The van der Waals surface area contributed by atoms with Crippen LogP contribution in [0.3, 0.4) is 0 Å². The molecule has 1 heterocycles. The highest BCUT2D eigenvalue weighted by Crippen LogP contribution is 2.41. The van der Waals surface area contributed by atoms with Gasteiger partial charge in [0.2, 0.25) is 10.0 Å². The van der Waals surface area contributed by atoms with Crippen molar-refractivity contribution in [2.45, 2.75) is 35.9 Å². The Labute approximate surface area is 197 Å². The van der Waals surface area contributed by atoms with E-state index in [0.717, 1.165) is 31.4 Å². The summed E-state index contributed by atoms with van der Waals surface area (Å²) < 4.78 is 53.5. The monoisotopic (exact) mass is 487 g/mol. The fourth-order valence-electron chi connectivity index (χ4n) is 4.97. The zero-order valence-corrected chi connectivity index (χ0v) is 19.7. The molecule has 3 aromatic rings. The van der Waals surface area contributed by atoms with Gasteiger partial charge in [-0.15, -0.1) is 11.3 Å². The van der Waals surface area contributed by atoms with Crippen molar-refractivity contribution in [2.75, 3.05) is 13.2 Å². The Hall–Kier alpha value is -2.42. The van der Waals surface area contributed by atoms with E-state index in [1.807, 2.05) is 6.07 Å². The summed E-state index contributed by atoms with van der Waals surface area (Å²) in [6.45, 7) is 0.742. The predicted molar refractivity (Wildman–Crippen MR) is 126 cm³/mol. The molecule has 1 N–H and O–H groups in total. The summed E-state index contributed by atoms with van der Waals surface area (Å²) in [7, 11) is -3.49. The van der Waals surface area contributed by atoms with Crippen molar-refractivity contribution in [3.05, 3.63) is 76.9 Å². The minimum absolute atomic E-state index is 0.0435. The number of hydrogen-bond donors (Lipinski definition) is 1. The molecule has 174 valence electrons. The van der Waals surface area contributed by atoms with Crippen molar-refractivity contribution in [2.24, 2.45) is 11.8 Å². The van der Waals surface area contributed by atoms with Gasteiger partial charge in [-0.25, -0.2) is 17.5 Å². The van der Waals surface area contributed by atoms with E-state index in [0.29, 0.717) is 29.1 Å². The molecule has 1 aromatic heterocycles. The molecule has 2 aliphatic rings. The molecule has 3 unspecified atom stereocenters. The summed E-state index contributed by atoms with van der Waals surface area (Å²) in [4.78, 5) is 0. The maximum Gasteiger partial charge on any atom is 0.250 e. The van der Waals surface area contributed by atoms with Gasteiger partial charge in [-0.1, -0.05) is 12.1 Å². The van der Waals surface area contributed by atoms with E-state index >= 15 is 0 Å². The first-order valence-corrected chi connectivity index (χ1v) is 13.5. The van der Waals surface area contributed by atoms with E-state index < -0.39 is 10.0 Å². The van der Waals surface area contributed by atoms with Crippen LogP contribution in [-0.4, -0.2) is 27.7 Å². The maximum absolute atomic E-state index is 13.0. The van der Waals surface area contributed by atoms with E-state index in [2.05, 4.69) is 16.9 Å². The first kappa shape index (κ1) is 22.4. The molecule has 0 spiro atoms. The average molecular weight is 488 g/mol. The largest absolute Gasteiger partial charge is 0.490 e. The van der Waals surface area contributed by atoms with Gasteiger partial charge in [0, 0.05) is 6.04 Å². The Morgan fingerprint density at radius 2 is 1.58 bits per heavy atom. The smallest absolute Gasteiger partial charge is 0.250 e. The topological polar surface area (TPSA) is 64.6 Å². The van der Waals surface area contributed by atoms with E-state index in [-0.39, 0.29) is 17.8 Å². The lowest BCUT2D eigenvalue weighted by Crippen LogP contribution is -2.41. The Morgan fingerprint density at radius 3 is 2.27 bits per heavy atom. The number of halogens is 1. The lowest BCUT2D eigenvalue weighted by Gasteiger charge is -2.23. The van der Waals surface area contributed by atoms with Gasteiger partial charge in [-0.3, -0.25) is 0 Å². The molecule has 8 heteroatoms. The Kier molecular flexibility index (Phi) is 6.40. The minimum Gasteiger partial charge on any atom is -0.490 e. The van der Waals surface area contributed by atoms with Gasteiger partial charge in [0.15, 0.2) is 0 Å². The summed E-state index contributed by atoms with van der Waals surface area (Å²) >= 11 is 1.25. The van der Waals surface area contributed by atoms with Crippen molar-refractivity contribution in [3.8, 4) is 11.5 Å². The van der Waals surface area contributed by atoms with E-state index in [4.69, 9.17) is 9.47 Å². The number of ether oxygens (including phenoxy) is 2. The first-order chi connectivity index (χ1) is 16.0. The molecule has 1 fully saturated rings. The second-order valence-corrected chi connectivity index (χ2v) is 11.6. The van der Waals surface area contributed by atoms with Crippen LogP contribution in [0, 0.1) is 17.7 Å². The van der Waals surface area contributed by atoms with Gasteiger partial charge >= 0.3 is 0 Å². The normalized spacial score (nSPS) is 21.9. The fraction of sp³-hybridized carbons (Fsp3) is 0.360. The van der Waals surface area contributed by atoms with Crippen LogP contribution in [0.15, 0.2) is 64.2 Å². The number of nitrogens with one attached hydrogen (secondary N) is 1. The summed E-state index contributed by atoms with van der Waals surface area (Å²) in [6, 6.07) is 15.5. The van der Waals surface area contributed by atoms with Crippen molar-refractivity contribution >= 4 is 21.4 Å². The van der Waals surface area contributed by atoms with Crippen molar-refractivity contribution in [1.29, 1.82) is 0 Å². The number of hydrogen-bond acceptors (Lipinski definition) is 5.